The van der Waals surface area contributed by atoms with Gasteiger partial charge in [-0.25, -0.2) is 9.18 Å². The average molecular weight is 536 g/mol. The number of nitrogens with zero attached hydrogens (tertiary/aromatic N) is 2. The van der Waals surface area contributed by atoms with E-state index in [2.05, 4.69) is 5.32 Å². The van der Waals surface area contributed by atoms with E-state index in [9.17, 15) is 18.8 Å². The normalized spacial score (nSPS) is 15.0. The van der Waals surface area contributed by atoms with Gasteiger partial charge in [-0.15, -0.1) is 0 Å². The van der Waals surface area contributed by atoms with Crippen LogP contribution in [0.2, 0.25) is 0 Å². The second-order valence-electron chi connectivity index (χ2n) is 8.47. The number of hydrogen-bond donors (Lipinski definition) is 1. The molecule has 4 rings (SSSR count). The highest BCUT2D eigenvalue weighted by molar-refractivity contribution is 7.80. The van der Waals surface area contributed by atoms with Gasteiger partial charge in [-0.05, 0) is 85.4 Å². The Bertz CT molecular complexity index is 1330. The number of ether oxygens (including phenoxy) is 2. The van der Waals surface area contributed by atoms with Crippen molar-refractivity contribution in [3.05, 3.63) is 89.7 Å². The van der Waals surface area contributed by atoms with E-state index in [-0.39, 0.29) is 42.3 Å². The minimum Gasteiger partial charge on any atom is -0.497 e. The molecular weight excluding hydrogens is 509 g/mol. The Balaban J connectivity index is 1.58. The maximum Gasteiger partial charge on any atom is 0.338 e. The van der Waals surface area contributed by atoms with Gasteiger partial charge in [0.25, 0.3) is 5.91 Å². The fourth-order valence-electron chi connectivity index (χ4n) is 4.06. The monoisotopic (exact) mass is 535 g/mol. The Morgan fingerprint density at radius 3 is 2.26 bits per heavy atom. The molecule has 1 aliphatic rings. The highest BCUT2D eigenvalue weighted by atomic mass is 32.1. The van der Waals surface area contributed by atoms with Crippen molar-refractivity contribution >= 4 is 46.5 Å². The Labute approximate surface area is 224 Å². The number of carbonyl (C=O) groups excluding carboxylic acids is 3. The fraction of sp³-hybridized carbons (Fsp3) is 0.214. The first kappa shape index (κ1) is 26.7. The summed E-state index contributed by atoms with van der Waals surface area (Å²) in [5.74, 6) is -0.965. The van der Waals surface area contributed by atoms with Gasteiger partial charge in [0.15, 0.2) is 5.11 Å². The molecular formula is C28H26FN3O5S. The molecule has 8 nitrogen and oxygen atoms in total. The number of thiocarbonyl (C=S) groups is 1. The van der Waals surface area contributed by atoms with Crippen LogP contribution in [0.4, 0.5) is 15.8 Å². The number of benzene rings is 3. The van der Waals surface area contributed by atoms with Crippen LogP contribution >= 0.6 is 12.2 Å². The van der Waals surface area contributed by atoms with E-state index in [1.54, 1.807) is 79.6 Å². The molecule has 38 heavy (non-hydrogen) atoms. The zero-order valence-electron chi connectivity index (χ0n) is 20.8. The van der Waals surface area contributed by atoms with Gasteiger partial charge in [-0.1, -0.05) is 12.1 Å². The van der Waals surface area contributed by atoms with Crippen LogP contribution in [0.3, 0.4) is 0 Å². The van der Waals surface area contributed by atoms with Gasteiger partial charge in [0.2, 0.25) is 5.91 Å². The zero-order chi connectivity index (χ0) is 27.2. The summed E-state index contributed by atoms with van der Waals surface area (Å²) in [5.41, 5.74) is 2.07. The molecule has 196 valence electrons. The first-order chi connectivity index (χ1) is 18.3. The largest absolute Gasteiger partial charge is 0.497 e. The molecule has 1 unspecified atom stereocenters. The molecule has 0 aromatic heterocycles. The van der Waals surface area contributed by atoms with E-state index >= 15 is 0 Å². The smallest absolute Gasteiger partial charge is 0.338 e. The molecule has 2 amide bonds. The SMILES string of the molecule is CCOC(=O)c1ccc(N2C(=O)C(CC(=O)Nc3ccc(OC)cc3)N(Cc3ccc(F)cc3)C2=S)cc1. The molecule has 0 bridgehead atoms. The van der Waals surface area contributed by atoms with E-state index in [1.807, 2.05) is 0 Å². The molecule has 1 heterocycles. The van der Waals surface area contributed by atoms with Gasteiger partial charge in [-0.2, -0.15) is 0 Å². The van der Waals surface area contributed by atoms with E-state index in [4.69, 9.17) is 21.7 Å². The van der Waals surface area contributed by atoms with Crippen molar-refractivity contribution in [3.8, 4) is 5.75 Å². The number of nitrogens with one attached hydrogen (secondary N) is 1. The molecule has 0 spiro atoms. The number of halogens is 1. The maximum atomic E-state index is 13.6. The predicted octanol–water partition coefficient (Wildman–Crippen LogP) is 4.54. The van der Waals surface area contributed by atoms with Gasteiger partial charge < -0.3 is 19.7 Å². The number of rotatable bonds is 9. The minimum atomic E-state index is -0.893. The van der Waals surface area contributed by atoms with E-state index in [1.165, 1.54) is 17.0 Å². The highest BCUT2D eigenvalue weighted by Crippen LogP contribution is 2.29. The molecule has 1 N–H and O–H groups in total. The van der Waals surface area contributed by atoms with E-state index in [0.29, 0.717) is 22.7 Å². The summed E-state index contributed by atoms with van der Waals surface area (Å²) >= 11 is 5.68. The van der Waals surface area contributed by atoms with E-state index < -0.39 is 12.0 Å². The lowest BCUT2D eigenvalue weighted by atomic mass is 10.1. The molecule has 1 fully saturated rings. The second-order valence-corrected chi connectivity index (χ2v) is 8.84. The molecule has 3 aromatic carbocycles. The minimum absolute atomic E-state index is 0.163. The van der Waals surface area contributed by atoms with Crippen LogP contribution in [0.25, 0.3) is 0 Å². The molecule has 0 saturated carbocycles. The van der Waals surface area contributed by atoms with Crippen LogP contribution in [0.15, 0.2) is 72.8 Å². The van der Waals surface area contributed by atoms with Crippen LogP contribution in [-0.2, 0) is 20.9 Å². The van der Waals surface area contributed by atoms with Crippen LogP contribution in [0, 0.1) is 5.82 Å². The predicted molar refractivity (Wildman–Crippen MR) is 144 cm³/mol. The summed E-state index contributed by atoms with van der Waals surface area (Å²) in [6.45, 7) is 2.16. The van der Waals surface area contributed by atoms with Crippen LogP contribution in [-0.4, -0.2) is 47.6 Å². The summed E-state index contributed by atoms with van der Waals surface area (Å²) in [6.07, 6.45) is -0.163. The molecule has 1 atom stereocenters. The van der Waals surface area contributed by atoms with E-state index in [0.717, 1.165) is 5.56 Å². The Morgan fingerprint density at radius 1 is 1.00 bits per heavy atom. The van der Waals surface area contributed by atoms with Crippen molar-refractivity contribution in [2.24, 2.45) is 0 Å². The van der Waals surface area contributed by atoms with Gasteiger partial charge in [0.05, 0.1) is 31.4 Å². The van der Waals surface area contributed by atoms with Crippen LogP contribution in [0.1, 0.15) is 29.3 Å². The third-order valence-corrected chi connectivity index (χ3v) is 6.39. The standard InChI is InChI=1S/C28H26FN3O5S/c1-3-37-27(35)19-6-12-22(13-7-19)32-26(34)24(16-25(33)30-21-10-14-23(36-2)15-11-21)31(28(32)38)17-18-4-8-20(29)9-5-18/h4-15,24H,3,16-17H2,1-2H3,(H,30,33). The summed E-state index contributed by atoms with van der Waals surface area (Å²) in [4.78, 5) is 41.6. The lowest BCUT2D eigenvalue weighted by Crippen LogP contribution is -2.37. The van der Waals surface area contributed by atoms with Gasteiger partial charge >= 0.3 is 5.97 Å². The van der Waals surface area contributed by atoms with Crippen molar-refractivity contribution in [3.63, 3.8) is 0 Å². The number of carbonyl (C=O) groups is 3. The lowest BCUT2D eigenvalue weighted by Gasteiger charge is -2.24. The molecule has 0 radical (unpaired) electrons. The molecule has 10 heteroatoms. The van der Waals surface area contributed by atoms with Crippen molar-refractivity contribution < 1.29 is 28.2 Å². The number of hydrogen-bond acceptors (Lipinski definition) is 6. The summed E-state index contributed by atoms with van der Waals surface area (Å²) in [5, 5.41) is 3.00. The first-order valence-corrected chi connectivity index (χ1v) is 12.3. The summed E-state index contributed by atoms with van der Waals surface area (Å²) in [6, 6.07) is 18.1. The third kappa shape index (κ3) is 5.97. The number of methoxy groups -OCH3 is 1. The van der Waals surface area contributed by atoms with Crippen molar-refractivity contribution in [1.82, 2.24) is 4.90 Å². The molecule has 1 saturated heterocycles. The molecule has 0 aliphatic carbocycles. The lowest BCUT2D eigenvalue weighted by molar-refractivity contribution is -0.124. The van der Waals surface area contributed by atoms with Crippen molar-refractivity contribution in [2.75, 3.05) is 23.9 Å². The maximum absolute atomic E-state index is 13.6. The Hall–Kier alpha value is -4.31. The second kappa shape index (κ2) is 11.8. The van der Waals surface area contributed by atoms with Gasteiger partial charge in [0, 0.05) is 12.2 Å². The molecule has 1 aliphatic heterocycles. The van der Waals surface area contributed by atoms with Crippen molar-refractivity contribution in [1.29, 1.82) is 0 Å². The number of amides is 2. The topological polar surface area (TPSA) is 88.2 Å². The fourth-order valence-corrected chi connectivity index (χ4v) is 4.45. The quantitative estimate of drug-likeness (QED) is 0.318. The third-order valence-electron chi connectivity index (χ3n) is 5.97. The zero-order valence-corrected chi connectivity index (χ0v) is 21.7. The van der Waals surface area contributed by atoms with Crippen LogP contribution in [0.5, 0.6) is 5.75 Å². The van der Waals surface area contributed by atoms with Crippen molar-refractivity contribution in [2.45, 2.75) is 25.9 Å². The Kier molecular flexibility index (Phi) is 8.32. The highest BCUT2D eigenvalue weighted by Gasteiger charge is 2.44. The van der Waals surface area contributed by atoms with Gasteiger partial charge in [0.1, 0.15) is 17.6 Å². The van der Waals surface area contributed by atoms with Crippen LogP contribution < -0.4 is 15.0 Å². The molecule has 3 aromatic rings. The summed E-state index contributed by atoms with van der Waals surface area (Å²) in [7, 11) is 1.55. The Morgan fingerprint density at radius 2 is 1.66 bits per heavy atom. The van der Waals surface area contributed by atoms with Gasteiger partial charge in [-0.3, -0.25) is 14.5 Å². The number of anilines is 2. The summed E-state index contributed by atoms with van der Waals surface area (Å²) < 4.78 is 23.6. The average Bonchev–Trinajstić information content (AvgIpc) is 3.14. The first-order valence-electron chi connectivity index (χ1n) is 11.9. The number of esters is 1.